The van der Waals surface area contributed by atoms with E-state index < -0.39 is 60.4 Å². The largest absolute Gasteiger partial charge is 0.497 e. The Labute approximate surface area is 328 Å². The van der Waals surface area contributed by atoms with E-state index in [4.69, 9.17) is 9.47 Å². The molecule has 1 aromatic heterocycles. The SMILES string of the molecule is COc1ccc(C[C@H]2NC(=O)[C@H](Cc3ccc(-c4ccccc4)cc3)NC(=O)[C@@H](Cc3cccs3)NC(=O)COc3ccc(cc3)C[C@@H](C(=O)O)NC2=O)cc1. The molecular weight excluding hydrogens is 733 g/mol. The summed E-state index contributed by atoms with van der Waals surface area (Å²) in [6.07, 6.45) is 0.137. The van der Waals surface area contributed by atoms with Gasteiger partial charge in [0, 0.05) is 30.6 Å². The van der Waals surface area contributed by atoms with Crippen molar-refractivity contribution in [3.05, 3.63) is 142 Å². The third-order valence-corrected chi connectivity index (χ3v) is 10.2. The summed E-state index contributed by atoms with van der Waals surface area (Å²) in [4.78, 5) is 69.0. The van der Waals surface area contributed by atoms with Gasteiger partial charge in [-0.2, -0.15) is 0 Å². The first kappa shape index (κ1) is 39.2. The van der Waals surface area contributed by atoms with E-state index in [0.717, 1.165) is 21.6 Å². The van der Waals surface area contributed by atoms with Crippen LogP contribution in [-0.2, 0) is 49.7 Å². The number of carboxylic acid groups (broad SMARTS) is 1. The van der Waals surface area contributed by atoms with E-state index in [1.807, 2.05) is 72.1 Å². The Hall–Kier alpha value is -6.47. The molecule has 0 fully saturated rings. The molecule has 4 atom stereocenters. The normalized spacial score (nSPS) is 19.5. The minimum atomic E-state index is -1.34. The minimum Gasteiger partial charge on any atom is -0.497 e. The molecule has 2 aliphatic rings. The standard InChI is InChI=1S/C43H42N4O8S/c1-54-32-17-11-28(12-18-32)23-36-41(50)47-38(43(52)53)24-29-13-19-33(20-14-29)55-26-39(48)44-37(25-34-8-5-21-56-34)42(51)46-35(40(49)45-36)22-27-9-15-31(16-10-27)30-6-3-2-4-7-30/h2-21,35-38H,22-26H2,1H3,(H,44,48)(H,45,49)(H,46,51)(H,47,50)(H,52,53)/t35-,36+,37+,38-/m0/s1. The fraction of sp³-hybridized carbons (Fsp3) is 0.233. The number of nitrogens with one attached hydrogen (secondary N) is 4. The van der Waals surface area contributed by atoms with Gasteiger partial charge in [-0.25, -0.2) is 4.79 Å². The number of fused-ring (bicyclic) bond motifs is 16. The van der Waals surface area contributed by atoms with Crippen LogP contribution >= 0.6 is 11.3 Å². The van der Waals surface area contributed by atoms with Crippen molar-refractivity contribution in [1.82, 2.24) is 21.3 Å². The Morgan fingerprint density at radius 2 is 1.25 bits per heavy atom. The lowest BCUT2D eigenvalue weighted by atomic mass is 9.99. The second-order valence-electron chi connectivity index (χ2n) is 13.4. The van der Waals surface area contributed by atoms with Crippen molar-refractivity contribution < 1.29 is 38.6 Å². The molecule has 0 aliphatic carbocycles. The van der Waals surface area contributed by atoms with Gasteiger partial charge in [-0.3, -0.25) is 19.2 Å². The summed E-state index contributed by atoms with van der Waals surface area (Å²) in [6.45, 7) is -0.397. The Morgan fingerprint density at radius 1 is 0.679 bits per heavy atom. The third kappa shape index (κ3) is 10.8. The molecule has 5 N–H and O–H groups in total. The molecule has 13 heteroatoms. The van der Waals surface area contributed by atoms with Crippen molar-refractivity contribution >= 4 is 40.9 Å². The molecule has 2 aliphatic heterocycles. The lowest BCUT2D eigenvalue weighted by Gasteiger charge is -2.26. The Balaban J connectivity index is 1.35. The van der Waals surface area contributed by atoms with E-state index in [1.165, 1.54) is 18.4 Å². The predicted molar refractivity (Wildman–Crippen MR) is 211 cm³/mol. The van der Waals surface area contributed by atoms with Crippen LogP contribution < -0.4 is 30.7 Å². The number of carboxylic acids is 1. The molecule has 12 nitrogen and oxygen atoms in total. The number of ether oxygens (including phenoxy) is 2. The van der Waals surface area contributed by atoms with Crippen LogP contribution in [0.25, 0.3) is 11.1 Å². The number of methoxy groups -OCH3 is 1. The Morgan fingerprint density at radius 3 is 1.82 bits per heavy atom. The number of thiophene rings is 1. The van der Waals surface area contributed by atoms with Crippen LogP contribution in [0.3, 0.4) is 0 Å². The molecule has 0 unspecified atom stereocenters. The molecule has 2 bridgehead atoms. The molecule has 56 heavy (non-hydrogen) atoms. The molecule has 0 saturated heterocycles. The summed E-state index contributed by atoms with van der Waals surface area (Å²) in [6, 6.07) is 29.6. The third-order valence-electron chi connectivity index (χ3n) is 9.35. The van der Waals surface area contributed by atoms with Gasteiger partial charge in [0.25, 0.3) is 5.91 Å². The van der Waals surface area contributed by atoms with Crippen molar-refractivity contribution in [3.8, 4) is 22.6 Å². The summed E-state index contributed by atoms with van der Waals surface area (Å²) in [5, 5.41) is 23.0. The topological polar surface area (TPSA) is 172 Å². The number of carbonyl (C=O) groups is 5. The number of aliphatic carboxylic acids is 1. The zero-order valence-corrected chi connectivity index (χ0v) is 31.4. The minimum absolute atomic E-state index is 0.00341. The summed E-state index contributed by atoms with van der Waals surface area (Å²) in [5.74, 6) is -2.89. The average molecular weight is 775 g/mol. The number of amides is 4. The van der Waals surface area contributed by atoms with Gasteiger partial charge in [-0.1, -0.05) is 84.9 Å². The first-order valence-corrected chi connectivity index (χ1v) is 19.0. The molecule has 4 aromatic carbocycles. The van der Waals surface area contributed by atoms with Crippen LogP contribution in [0.15, 0.2) is 121 Å². The van der Waals surface area contributed by atoms with Crippen LogP contribution in [0.4, 0.5) is 0 Å². The zero-order chi connectivity index (χ0) is 39.4. The highest BCUT2D eigenvalue weighted by atomic mass is 32.1. The fourth-order valence-corrected chi connectivity index (χ4v) is 7.07. The van der Waals surface area contributed by atoms with Gasteiger partial charge >= 0.3 is 5.97 Å². The van der Waals surface area contributed by atoms with Crippen LogP contribution in [0, 0.1) is 0 Å². The summed E-state index contributed by atoms with van der Waals surface area (Å²) in [5.41, 5.74) is 3.96. The van der Waals surface area contributed by atoms with Gasteiger partial charge < -0.3 is 35.8 Å². The van der Waals surface area contributed by atoms with Crippen LogP contribution in [0.5, 0.6) is 11.5 Å². The maximum absolute atomic E-state index is 14.4. The first-order valence-electron chi connectivity index (χ1n) is 18.1. The molecule has 5 aromatic rings. The smallest absolute Gasteiger partial charge is 0.326 e. The zero-order valence-electron chi connectivity index (χ0n) is 30.6. The van der Waals surface area contributed by atoms with Gasteiger partial charge in [0.15, 0.2) is 6.61 Å². The van der Waals surface area contributed by atoms with Crippen molar-refractivity contribution in [2.75, 3.05) is 13.7 Å². The quantitative estimate of drug-likeness (QED) is 0.139. The molecule has 4 amide bonds. The molecule has 3 heterocycles. The van der Waals surface area contributed by atoms with Gasteiger partial charge in [0.05, 0.1) is 7.11 Å². The van der Waals surface area contributed by atoms with Gasteiger partial charge in [-0.15, -0.1) is 11.3 Å². The molecular formula is C43H42N4O8S. The second kappa shape index (κ2) is 18.7. The maximum Gasteiger partial charge on any atom is 0.326 e. The van der Waals surface area contributed by atoms with E-state index in [2.05, 4.69) is 21.3 Å². The summed E-state index contributed by atoms with van der Waals surface area (Å²) in [7, 11) is 1.53. The van der Waals surface area contributed by atoms with Crippen molar-refractivity contribution in [2.24, 2.45) is 0 Å². The molecule has 288 valence electrons. The van der Waals surface area contributed by atoms with Crippen molar-refractivity contribution in [3.63, 3.8) is 0 Å². The van der Waals surface area contributed by atoms with Crippen LogP contribution in [0.1, 0.15) is 21.6 Å². The highest BCUT2D eigenvalue weighted by Crippen LogP contribution is 2.21. The lowest BCUT2D eigenvalue weighted by molar-refractivity contribution is -0.142. The van der Waals surface area contributed by atoms with E-state index in [0.29, 0.717) is 22.6 Å². The molecule has 7 rings (SSSR count). The Kier molecular flexibility index (Phi) is 13.1. The fourth-order valence-electron chi connectivity index (χ4n) is 6.31. The number of hydrogen-bond acceptors (Lipinski definition) is 8. The number of carbonyl (C=O) groups excluding carboxylic acids is 4. The van der Waals surface area contributed by atoms with Crippen molar-refractivity contribution in [2.45, 2.75) is 49.9 Å². The predicted octanol–water partition coefficient (Wildman–Crippen LogP) is 4.11. The highest BCUT2D eigenvalue weighted by Gasteiger charge is 2.32. The van der Waals surface area contributed by atoms with Crippen LogP contribution in [0.2, 0.25) is 0 Å². The summed E-state index contributed by atoms with van der Waals surface area (Å²) < 4.78 is 11.0. The molecule has 0 spiro atoms. The average Bonchev–Trinajstić information content (AvgIpc) is 3.73. The summed E-state index contributed by atoms with van der Waals surface area (Å²) >= 11 is 1.42. The second-order valence-corrected chi connectivity index (χ2v) is 14.4. The number of benzene rings is 4. The lowest BCUT2D eigenvalue weighted by Crippen LogP contribution is -2.59. The van der Waals surface area contributed by atoms with E-state index in [1.54, 1.807) is 48.5 Å². The Bertz CT molecular complexity index is 2110. The van der Waals surface area contributed by atoms with Crippen molar-refractivity contribution in [1.29, 1.82) is 0 Å². The van der Waals surface area contributed by atoms with E-state index in [-0.39, 0.29) is 25.7 Å². The monoisotopic (exact) mass is 774 g/mol. The highest BCUT2D eigenvalue weighted by molar-refractivity contribution is 7.09. The van der Waals surface area contributed by atoms with Gasteiger partial charge in [0.2, 0.25) is 17.7 Å². The molecule has 0 radical (unpaired) electrons. The maximum atomic E-state index is 14.4. The number of hydrogen-bond donors (Lipinski definition) is 5. The van der Waals surface area contributed by atoms with E-state index in [9.17, 15) is 29.1 Å². The van der Waals surface area contributed by atoms with E-state index >= 15 is 0 Å². The number of rotatable bonds is 9. The van der Waals surface area contributed by atoms with Gasteiger partial charge in [-0.05, 0) is 63.5 Å². The van der Waals surface area contributed by atoms with Crippen LogP contribution in [-0.4, -0.2) is 72.6 Å². The van der Waals surface area contributed by atoms with Gasteiger partial charge in [0.1, 0.15) is 35.7 Å². The first-order chi connectivity index (χ1) is 27.1. The molecule has 0 saturated carbocycles.